The first-order chi connectivity index (χ1) is 19.3. The molecule has 0 bridgehead atoms. The van der Waals surface area contributed by atoms with Crippen LogP contribution in [-0.2, 0) is 16.0 Å². The van der Waals surface area contributed by atoms with Crippen molar-refractivity contribution in [1.29, 1.82) is 0 Å². The second kappa shape index (κ2) is 13.5. The minimum absolute atomic E-state index is 0.0451. The number of carbonyl (C=O) groups is 3. The Bertz CT molecular complexity index is 1330. The summed E-state index contributed by atoms with van der Waals surface area (Å²) in [5.41, 5.74) is 2.36. The zero-order valence-electron chi connectivity index (χ0n) is 21.8. The molecule has 3 N–H and O–H groups in total. The standard InChI is InChI=1S/C30H31FN2O7/c31-22-13-9-20(10-14-22)5-1-2-18-39-23-15-11-21(12-16-23)29(36)32-24-6-3-7-25-28(24)40-26(30(37)38)19-33(25)17-4-8-27(34)35/h3,6-7,9-16,26H,1-2,4-5,8,17-19H2,(H,32,36)(H,34,35)(H,37,38). The van der Waals surface area contributed by atoms with Crippen LogP contribution in [0, 0.1) is 5.82 Å². The van der Waals surface area contributed by atoms with Gasteiger partial charge in [0.1, 0.15) is 11.6 Å². The topological polar surface area (TPSA) is 125 Å². The van der Waals surface area contributed by atoms with E-state index in [9.17, 15) is 23.9 Å². The van der Waals surface area contributed by atoms with Gasteiger partial charge in [-0.05, 0) is 79.8 Å². The fraction of sp³-hybridized carbons (Fsp3) is 0.300. The number of hydrogen-bond acceptors (Lipinski definition) is 6. The van der Waals surface area contributed by atoms with Crippen LogP contribution in [0.5, 0.6) is 11.5 Å². The van der Waals surface area contributed by atoms with E-state index in [0.717, 1.165) is 24.8 Å². The van der Waals surface area contributed by atoms with E-state index in [1.165, 1.54) is 12.1 Å². The number of unbranched alkanes of at least 4 members (excludes halogenated alkanes) is 1. The summed E-state index contributed by atoms with van der Waals surface area (Å²) in [6, 6.07) is 18.2. The van der Waals surface area contributed by atoms with Gasteiger partial charge in [-0.15, -0.1) is 0 Å². The highest BCUT2D eigenvalue weighted by Gasteiger charge is 2.32. The van der Waals surface area contributed by atoms with E-state index in [2.05, 4.69) is 5.32 Å². The van der Waals surface area contributed by atoms with Gasteiger partial charge in [0.2, 0.25) is 6.10 Å². The molecule has 3 aromatic rings. The lowest BCUT2D eigenvalue weighted by atomic mass is 10.1. The third kappa shape index (κ3) is 7.72. The van der Waals surface area contributed by atoms with Crippen LogP contribution in [0.1, 0.15) is 41.6 Å². The Balaban J connectivity index is 1.33. The monoisotopic (exact) mass is 550 g/mol. The summed E-state index contributed by atoms with van der Waals surface area (Å²) >= 11 is 0. The van der Waals surface area contributed by atoms with E-state index in [0.29, 0.717) is 42.3 Å². The number of rotatable bonds is 13. The summed E-state index contributed by atoms with van der Waals surface area (Å²) in [6.45, 7) is 0.901. The molecule has 10 heteroatoms. The Labute approximate surface area is 231 Å². The molecule has 1 amide bonds. The van der Waals surface area contributed by atoms with Gasteiger partial charge in [0.05, 0.1) is 24.5 Å². The van der Waals surface area contributed by atoms with Gasteiger partial charge >= 0.3 is 11.9 Å². The van der Waals surface area contributed by atoms with Crippen molar-refractivity contribution >= 4 is 29.2 Å². The van der Waals surface area contributed by atoms with Crippen LogP contribution in [0.3, 0.4) is 0 Å². The summed E-state index contributed by atoms with van der Waals surface area (Å²) in [7, 11) is 0. The maximum Gasteiger partial charge on any atom is 0.346 e. The van der Waals surface area contributed by atoms with Gasteiger partial charge in [-0.25, -0.2) is 9.18 Å². The van der Waals surface area contributed by atoms with E-state index < -0.39 is 23.9 Å². The van der Waals surface area contributed by atoms with Gasteiger partial charge in [-0.3, -0.25) is 9.59 Å². The summed E-state index contributed by atoms with van der Waals surface area (Å²) in [6.07, 6.45) is 1.68. The number of fused-ring (bicyclic) bond motifs is 1. The molecule has 1 atom stereocenters. The minimum Gasteiger partial charge on any atom is -0.494 e. The largest absolute Gasteiger partial charge is 0.494 e. The number of nitrogens with zero attached hydrogens (tertiary/aromatic N) is 1. The number of aliphatic carboxylic acids is 2. The maximum absolute atomic E-state index is 13.0. The Morgan fingerprint density at radius 3 is 2.42 bits per heavy atom. The number of para-hydroxylation sites is 1. The molecule has 0 spiro atoms. The fourth-order valence-corrected chi connectivity index (χ4v) is 4.40. The molecule has 40 heavy (non-hydrogen) atoms. The van der Waals surface area contributed by atoms with Crippen LogP contribution < -0.4 is 19.7 Å². The predicted octanol–water partition coefficient (Wildman–Crippen LogP) is 5.00. The third-order valence-corrected chi connectivity index (χ3v) is 6.48. The average Bonchev–Trinajstić information content (AvgIpc) is 2.94. The average molecular weight is 551 g/mol. The van der Waals surface area contributed by atoms with E-state index in [1.807, 2.05) is 0 Å². The molecule has 4 rings (SSSR count). The predicted molar refractivity (Wildman–Crippen MR) is 147 cm³/mol. The van der Waals surface area contributed by atoms with Crippen molar-refractivity contribution in [2.24, 2.45) is 0 Å². The van der Waals surface area contributed by atoms with Crippen LogP contribution in [0.25, 0.3) is 0 Å². The van der Waals surface area contributed by atoms with Gasteiger partial charge in [0.25, 0.3) is 5.91 Å². The summed E-state index contributed by atoms with van der Waals surface area (Å²) in [4.78, 5) is 37.4. The van der Waals surface area contributed by atoms with E-state index >= 15 is 0 Å². The number of benzene rings is 3. The van der Waals surface area contributed by atoms with E-state index in [-0.39, 0.29) is 24.5 Å². The maximum atomic E-state index is 13.0. The number of nitrogens with one attached hydrogen (secondary N) is 1. The van der Waals surface area contributed by atoms with Gasteiger partial charge < -0.3 is 29.9 Å². The number of carboxylic acid groups (broad SMARTS) is 2. The molecule has 3 aromatic carbocycles. The van der Waals surface area contributed by atoms with Gasteiger partial charge in [-0.2, -0.15) is 0 Å². The first-order valence-electron chi connectivity index (χ1n) is 13.1. The van der Waals surface area contributed by atoms with Crippen molar-refractivity contribution in [3.8, 4) is 11.5 Å². The molecular weight excluding hydrogens is 519 g/mol. The quantitative estimate of drug-likeness (QED) is 0.254. The number of aryl methyl sites for hydroxylation is 1. The SMILES string of the molecule is O=C(O)CCCN1CC(C(=O)O)Oc2c(NC(=O)c3ccc(OCCCCc4ccc(F)cc4)cc3)cccc21. The van der Waals surface area contributed by atoms with Gasteiger partial charge in [0, 0.05) is 18.5 Å². The van der Waals surface area contributed by atoms with Crippen LogP contribution in [-0.4, -0.2) is 53.9 Å². The molecule has 1 aliphatic rings. The number of carboxylic acids is 2. The summed E-state index contributed by atoms with van der Waals surface area (Å²) in [5, 5.41) is 21.3. The molecule has 1 unspecified atom stereocenters. The van der Waals surface area contributed by atoms with Gasteiger partial charge in [-0.1, -0.05) is 18.2 Å². The first-order valence-corrected chi connectivity index (χ1v) is 13.1. The molecule has 9 nitrogen and oxygen atoms in total. The lowest BCUT2D eigenvalue weighted by Gasteiger charge is -2.35. The molecule has 0 saturated carbocycles. The zero-order valence-corrected chi connectivity index (χ0v) is 21.8. The third-order valence-electron chi connectivity index (χ3n) is 6.48. The van der Waals surface area contributed by atoms with Crippen molar-refractivity contribution in [2.45, 2.75) is 38.2 Å². The molecule has 1 aliphatic heterocycles. The van der Waals surface area contributed by atoms with Crippen molar-refractivity contribution in [2.75, 3.05) is 29.9 Å². The van der Waals surface area contributed by atoms with Crippen molar-refractivity contribution in [3.63, 3.8) is 0 Å². The number of hydrogen-bond donors (Lipinski definition) is 3. The van der Waals surface area contributed by atoms with Gasteiger partial charge in [0.15, 0.2) is 5.75 Å². The number of anilines is 2. The molecule has 1 heterocycles. The van der Waals surface area contributed by atoms with Crippen molar-refractivity contribution < 1.29 is 38.5 Å². The van der Waals surface area contributed by atoms with E-state index in [4.69, 9.17) is 14.6 Å². The number of halogens is 1. The second-order valence-corrected chi connectivity index (χ2v) is 9.45. The van der Waals surface area contributed by atoms with Crippen molar-refractivity contribution in [1.82, 2.24) is 0 Å². The van der Waals surface area contributed by atoms with Crippen molar-refractivity contribution in [3.05, 3.63) is 83.7 Å². The second-order valence-electron chi connectivity index (χ2n) is 9.45. The Morgan fingerprint density at radius 2 is 1.73 bits per heavy atom. The zero-order chi connectivity index (χ0) is 28.5. The smallest absolute Gasteiger partial charge is 0.346 e. The minimum atomic E-state index is -1.16. The number of ether oxygens (including phenoxy) is 2. The lowest BCUT2D eigenvalue weighted by Crippen LogP contribution is -2.45. The highest BCUT2D eigenvalue weighted by atomic mass is 19.1. The van der Waals surface area contributed by atoms with Crippen LogP contribution >= 0.6 is 0 Å². The summed E-state index contributed by atoms with van der Waals surface area (Å²) in [5.74, 6) is -1.88. The Hall–Kier alpha value is -4.60. The van der Waals surface area contributed by atoms with Crippen LogP contribution in [0.4, 0.5) is 15.8 Å². The molecule has 0 saturated heterocycles. The number of amides is 1. The van der Waals surface area contributed by atoms with Crippen LogP contribution in [0.15, 0.2) is 66.7 Å². The molecule has 0 fully saturated rings. The summed E-state index contributed by atoms with van der Waals surface area (Å²) < 4.78 is 24.5. The Kier molecular flexibility index (Phi) is 9.56. The highest BCUT2D eigenvalue weighted by molar-refractivity contribution is 6.05. The molecule has 210 valence electrons. The lowest BCUT2D eigenvalue weighted by molar-refractivity contribution is -0.145. The highest BCUT2D eigenvalue weighted by Crippen LogP contribution is 2.40. The molecule has 0 aromatic heterocycles. The first kappa shape index (κ1) is 28.4. The fourth-order valence-electron chi connectivity index (χ4n) is 4.40. The molecule has 0 aliphatic carbocycles. The van der Waals surface area contributed by atoms with E-state index in [1.54, 1.807) is 59.5 Å². The number of carbonyl (C=O) groups excluding carboxylic acids is 1. The normalized spacial score (nSPS) is 14.1. The Morgan fingerprint density at radius 1 is 0.975 bits per heavy atom. The molecule has 0 radical (unpaired) electrons. The van der Waals surface area contributed by atoms with Crippen LogP contribution in [0.2, 0.25) is 0 Å². The molecular formula is C30H31FN2O7.